The lowest BCUT2D eigenvalue weighted by molar-refractivity contribution is 0.417. The van der Waals surface area contributed by atoms with Crippen molar-refractivity contribution in [3.05, 3.63) is 23.8 Å². The van der Waals surface area contributed by atoms with E-state index in [4.69, 9.17) is 17.0 Å². The SMILES string of the molecule is CCNC(=S)Nc1cc(C)ccc1OC. The van der Waals surface area contributed by atoms with Gasteiger partial charge in [0.25, 0.3) is 0 Å². The molecule has 4 heteroatoms. The number of methoxy groups -OCH3 is 1. The summed E-state index contributed by atoms with van der Waals surface area (Å²) in [6, 6.07) is 5.93. The second-order valence-electron chi connectivity index (χ2n) is 3.19. The third kappa shape index (κ3) is 3.40. The molecule has 1 rings (SSSR count). The van der Waals surface area contributed by atoms with Gasteiger partial charge in [-0.3, -0.25) is 0 Å². The molecule has 0 heterocycles. The van der Waals surface area contributed by atoms with Gasteiger partial charge >= 0.3 is 0 Å². The summed E-state index contributed by atoms with van der Waals surface area (Å²) in [6.07, 6.45) is 0. The molecule has 0 aliphatic heterocycles. The number of hydrogen-bond donors (Lipinski definition) is 2. The first-order valence-corrected chi connectivity index (χ1v) is 5.27. The van der Waals surface area contributed by atoms with E-state index in [2.05, 4.69) is 10.6 Å². The van der Waals surface area contributed by atoms with Crippen LogP contribution in [0.2, 0.25) is 0 Å². The van der Waals surface area contributed by atoms with E-state index in [1.807, 2.05) is 32.0 Å². The molecule has 0 unspecified atom stereocenters. The zero-order valence-electron chi connectivity index (χ0n) is 9.26. The van der Waals surface area contributed by atoms with Crippen molar-refractivity contribution >= 4 is 23.0 Å². The monoisotopic (exact) mass is 224 g/mol. The van der Waals surface area contributed by atoms with E-state index in [0.717, 1.165) is 23.5 Å². The molecule has 82 valence electrons. The highest BCUT2D eigenvalue weighted by Crippen LogP contribution is 2.24. The van der Waals surface area contributed by atoms with E-state index >= 15 is 0 Å². The number of thiocarbonyl (C=S) groups is 1. The zero-order chi connectivity index (χ0) is 11.3. The summed E-state index contributed by atoms with van der Waals surface area (Å²) in [5.74, 6) is 0.792. The molecule has 1 aromatic carbocycles. The molecule has 0 spiro atoms. The van der Waals surface area contributed by atoms with Crippen LogP contribution in [0, 0.1) is 6.92 Å². The molecule has 1 aromatic rings. The predicted octanol–water partition coefficient (Wildman–Crippen LogP) is 2.31. The third-order valence-electron chi connectivity index (χ3n) is 1.94. The highest BCUT2D eigenvalue weighted by molar-refractivity contribution is 7.80. The lowest BCUT2D eigenvalue weighted by Gasteiger charge is -2.13. The largest absolute Gasteiger partial charge is 0.495 e. The van der Waals surface area contributed by atoms with Crippen LogP contribution in [0.15, 0.2) is 18.2 Å². The Bertz CT molecular complexity index is 352. The summed E-state index contributed by atoms with van der Waals surface area (Å²) >= 11 is 5.11. The summed E-state index contributed by atoms with van der Waals surface area (Å²) in [7, 11) is 1.64. The van der Waals surface area contributed by atoms with Gasteiger partial charge in [0, 0.05) is 6.54 Å². The molecule has 0 fully saturated rings. The van der Waals surface area contributed by atoms with E-state index in [1.54, 1.807) is 7.11 Å². The van der Waals surface area contributed by atoms with Crippen molar-refractivity contribution < 1.29 is 4.74 Å². The summed E-state index contributed by atoms with van der Waals surface area (Å²) in [4.78, 5) is 0. The Morgan fingerprint density at radius 1 is 1.47 bits per heavy atom. The fraction of sp³-hybridized carbons (Fsp3) is 0.364. The molecule has 0 aliphatic rings. The van der Waals surface area contributed by atoms with Crippen molar-refractivity contribution in [1.29, 1.82) is 0 Å². The third-order valence-corrected chi connectivity index (χ3v) is 2.19. The van der Waals surface area contributed by atoms with Crippen LogP contribution in [-0.4, -0.2) is 18.8 Å². The second kappa shape index (κ2) is 5.56. The van der Waals surface area contributed by atoms with Crippen molar-refractivity contribution in [2.75, 3.05) is 19.0 Å². The van der Waals surface area contributed by atoms with Gasteiger partial charge in [-0.1, -0.05) is 6.07 Å². The molecule has 0 amide bonds. The second-order valence-corrected chi connectivity index (χ2v) is 3.60. The van der Waals surface area contributed by atoms with Gasteiger partial charge in [0.15, 0.2) is 5.11 Å². The van der Waals surface area contributed by atoms with Gasteiger partial charge < -0.3 is 15.4 Å². The van der Waals surface area contributed by atoms with Gasteiger partial charge in [-0.15, -0.1) is 0 Å². The van der Waals surface area contributed by atoms with E-state index < -0.39 is 0 Å². The molecule has 0 aliphatic carbocycles. The molecule has 3 nitrogen and oxygen atoms in total. The Labute approximate surface area is 95.8 Å². The summed E-state index contributed by atoms with van der Waals surface area (Å²) in [6.45, 7) is 4.84. The molecule has 0 bridgehead atoms. The molecular weight excluding hydrogens is 208 g/mol. The fourth-order valence-electron chi connectivity index (χ4n) is 1.25. The van der Waals surface area contributed by atoms with Crippen molar-refractivity contribution in [3.63, 3.8) is 0 Å². The van der Waals surface area contributed by atoms with Crippen LogP contribution in [0.5, 0.6) is 5.75 Å². The average Bonchev–Trinajstić information content (AvgIpc) is 2.18. The first-order chi connectivity index (χ1) is 7.17. The number of nitrogens with one attached hydrogen (secondary N) is 2. The molecule has 2 N–H and O–H groups in total. The summed E-state index contributed by atoms with van der Waals surface area (Å²) < 4.78 is 5.23. The fourth-order valence-corrected chi connectivity index (χ4v) is 1.50. The number of hydrogen-bond acceptors (Lipinski definition) is 2. The Hall–Kier alpha value is -1.29. The molecule has 0 saturated carbocycles. The van der Waals surface area contributed by atoms with Crippen molar-refractivity contribution in [3.8, 4) is 5.75 Å². The molecule has 0 atom stereocenters. The summed E-state index contributed by atoms with van der Waals surface area (Å²) in [5, 5.41) is 6.74. The zero-order valence-corrected chi connectivity index (χ0v) is 10.1. The lowest BCUT2D eigenvalue weighted by atomic mass is 10.2. The Morgan fingerprint density at radius 2 is 2.20 bits per heavy atom. The van der Waals surface area contributed by atoms with Crippen LogP contribution in [-0.2, 0) is 0 Å². The van der Waals surface area contributed by atoms with Crippen LogP contribution in [0.25, 0.3) is 0 Å². The van der Waals surface area contributed by atoms with Crippen LogP contribution < -0.4 is 15.4 Å². The Balaban J connectivity index is 2.82. The van der Waals surface area contributed by atoms with E-state index in [0.29, 0.717) is 5.11 Å². The van der Waals surface area contributed by atoms with Crippen molar-refractivity contribution in [2.24, 2.45) is 0 Å². The number of anilines is 1. The predicted molar refractivity (Wildman–Crippen MR) is 67.6 cm³/mol. The Morgan fingerprint density at radius 3 is 2.80 bits per heavy atom. The maximum atomic E-state index is 5.23. The topological polar surface area (TPSA) is 33.3 Å². The number of ether oxygens (including phenoxy) is 1. The normalized spacial score (nSPS) is 9.53. The van der Waals surface area contributed by atoms with Gasteiger partial charge in [0.05, 0.1) is 12.8 Å². The van der Waals surface area contributed by atoms with Crippen molar-refractivity contribution in [2.45, 2.75) is 13.8 Å². The van der Waals surface area contributed by atoms with Gasteiger partial charge in [-0.05, 0) is 43.8 Å². The van der Waals surface area contributed by atoms with E-state index in [1.165, 1.54) is 0 Å². The number of benzene rings is 1. The standard InChI is InChI=1S/C11H16N2OS/c1-4-12-11(15)13-9-7-8(2)5-6-10(9)14-3/h5-7H,4H2,1-3H3,(H2,12,13,15). The van der Waals surface area contributed by atoms with E-state index in [-0.39, 0.29) is 0 Å². The summed E-state index contributed by atoms with van der Waals surface area (Å²) in [5.41, 5.74) is 2.06. The number of rotatable bonds is 3. The highest BCUT2D eigenvalue weighted by Gasteiger charge is 2.03. The van der Waals surface area contributed by atoms with Crippen LogP contribution >= 0.6 is 12.2 Å². The van der Waals surface area contributed by atoms with Crippen LogP contribution in [0.4, 0.5) is 5.69 Å². The lowest BCUT2D eigenvalue weighted by Crippen LogP contribution is -2.28. The van der Waals surface area contributed by atoms with Gasteiger partial charge in [0.2, 0.25) is 0 Å². The van der Waals surface area contributed by atoms with Gasteiger partial charge in [0.1, 0.15) is 5.75 Å². The molecule has 0 radical (unpaired) electrons. The van der Waals surface area contributed by atoms with E-state index in [9.17, 15) is 0 Å². The average molecular weight is 224 g/mol. The van der Waals surface area contributed by atoms with Gasteiger partial charge in [-0.2, -0.15) is 0 Å². The molecular formula is C11H16N2OS. The smallest absolute Gasteiger partial charge is 0.170 e. The number of aryl methyl sites for hydroxylation is 1. The first kappa shape index (κ1) is 11.8. The molecule has 0 aromatic heterocycles. The molecule has 0 saturated heterocycles. The maximum Gasteiger partial charge on any atom is 0.170 e. The highest BCUT2D eigenvalue weighted by atomic mass is 32.1. The maximum absolute atomic E-state index is 5.23. The first-order valence-electron chi connectivity index (χ1n) is 4.87. The van der Waals surface area contributed by atoms with Crippen LogP contribution in [0.3, 0.4) is 0 Å². The Kier molecular flexibility index (Phi) is 4.37. The molecule has 15 heavy (non-hydrogen) atoms. The van der Waals surface area contributed by atoms with Gasteiger partial charge in [-0.25, -0.2) is 0 Å². The minimum absolute atomic E-state index is 0.612. The van der Waals surface area contributed by atoms with Crippen LogP contribution in [0.1, 0.15) is 12.5 Å². The minimum atomic E-state index is 0.612. The quantitative estimate of drug-likeness (QED) is 0.772. The minimum Gasteiger partial charge on any atom is -0.495 e. The van der Waals surface area contributed by atoms with Crippen molar-refractivity contribution in [1.82, 2.24) is 5.32 Å².